The Bertz CT molecular complexity index is 1030. The first-order valence-corrected chi connectivity index (χ1v) is 10.4. The number of benzene rings is 1. The summed E-state index contributed by atoms with van der Waals surface area (Å²) in [6.07, 6.45) is 2.95. The fourth-order valence-electron chi connectivity index (χ4n) is 2.93. The molecule has 1 amide bonds. The summed E-state index contributed by atoms with van der Waals surface area (Å²) < 4.78 is 27.7. The van der Waals surface area contributed by atoms with Crippen molar-refractivity contribution in [3.8, 4) is 0 Å². The van der Waals surface area contributed by atoms with Gasteiger partial charge >= 0.3 is 0 Å². The maximum absolute atomic E-state index is 12.7. The van der Waals surface area contributed by atoms with Crippen molar-refractivity contribution in [1.29, 1.82) is 0 Å². The van der Waals surface area contributed by atoms with Gasteiger partial charge in [-0.25, -0.2) is 8.42 Å². The first-order chi connectivity index (χ1) is 12.8. The van der Waals surface area contributed by atoms with Gasteiger partial charge in [-0.1, -0.05) is 17.7 Å². The van der Waals surface area contributed by atoms with Gasteiger partial charge in [0.2, 0.25) is 15.9 Å². The molecular weight excluding hydrogens is 390 g/mol. The number of rotatable bonds is 5. The number of aryl methyl sites for hydroxylation is 1. The van der Waals surface area contributed by atoms with E-state index in [1.165, 1.54) is 22.6 Å². The van der Waals surface area contributed by atoms with E-state index in [0.29, 0.717) is 23.8 Å². The molecule has 0 radical (unpaired) electrons. The number of carbonyl (C=O) groups excluding carboxylic acids is 1. The summed E-state index contributed by atoms with van der Waals surface area (Å²) in [6.45, 7) is 2.37. The third-order valence-corrected chi connectivity index (χ3v) is 6.76. The molecule has 0 unspecified atom stereocenters. The van der Waals surface area contributed by atoms with E-state index in [4.69, 9.17) is 11.6 Å². The van der Waals surface area contributed by atoms with Crippen LogP contribution in [0.5, 0.6) is 0 Å². The minimum absolute atomic E-state index is 0.298. The van der Waals surface area contributed by atoms with Gasteiger partial charge in [0, 0.05) is 30.0 Å². The van der Waals surface area contributed by atoms with E-state index in [1.807, 2.05) is 6.92 Å². The Morgan fingerprint density at radius 3 is 2.59 bits per heavy atom. The normalized spacial score (nSPS) is 15.0. The molecule has 1 aliphatic heterocycles. The average molecular weight is 410 g/mol. The molecule has 2 aromatic rings. The molecule has 0 bridgehead atoms. The second-order valence-corrected chi connectivity index (χ2v) is 8.74. The Labute approximate surface area is 162 Å². The number of aromatic nitrogens is 1. The first-order valence-electron chi connectivity index (χ1n) is 8.54. The number of hydrogen-bond donors (Lipinski definition) is 1. The number of amides is 1. The van der Waals surface area contributed by atoms with Crippen molar-refractivity contribution in [3.63, 3.8) is 0 Å². The standard InChI is InChI=1S/C18H20ClN3O4S/c1-13-6-7-14(11-15(13)19)20-17(23)12-21-8-4-5-16(18(21)24)27(25,26)22-9-2-3-10-22/h4-8,11H,2-3,9-10,12H2,1H3,(H,20,23). The highest BCUT2D eigenvalue weighted by molar-refractivity contribution is 7.89. The van der Waals surface area contributed by atoms with E-state index in [1.54, 1.807) is 18.2 Å². The van der Waals surface area contributed by atoms with Crippen molar-refractivity contribution < 1.29 is 13.2 Å². The summed E-state index contributed by atoms with van der Waals surface area (Å²) in [6, 6.07) is 7.83. The van der Waals surface area contributed by atoms with Gasteiger partial charge < -0.3 is 9.88 Å². The highest BCUT2D eigenvalue weighted by Gasteiger charge is 2.30. The van der Waals surface area contributed by atoms with E-state index in [2.05, 4.69) is 5.32 Å². The predicted octanol–water partition coefficient (Wildman–Crippen LogP) is 2.23. The summed E-state index contributed by atoms with van der Waals surface area (Å²) in [5.41, 5.74) is 0.677. The number of hydrogen-bond acceptors (Lipinski definition) is 4. The number of anilines is 1. The fourth-order valence-corrected chi connectivity index (χ4v) is 4.72. The van der Waals surface area contributed by atoms with Crippen LogP contribution in [0.1, 0.15) is 18.4 Å². The number of sulfonamides is 1. The van der Waals surface area contributed by atoms with Crippen LogP contribution in [0, 0.1) is 6.92 Å². The number of halogens is 1. The van der Waals surface area contributed by atoms with Gasteiger partial charge in [0.1, 0.15) is 11.4 Å². The van der Waals surface area contributed by atoms with Crippen molar-refractivity contribution in [3.05, 3.63) is 57.5 Å². The summed E-state index contributed by atoms with van der Waals surface area (Å²) in [4.78, 5) is 24.6. The molecule has 1 aliphatic rings. The lowest BCUT2D eigenvalue weighted by Gasteiger charge is -2.16. The van der Waals surface area contributed by atoms with Crippen molar-refractivity contribution >= 4 is 33.2 Å². The molecule has 1 aromatic carbocycles. The summed E-state index contributed by atoms with van der Waals surface area (Å²) >= 11 is 6.04. The van der Waals surface area contributed by atoms with E-state index in [0.717, 1.165) is 23.0 Å². The minimum atomic E-state index is -3.85. The molecule has 144 valence electrons. The average Bonchev–Trinajstić information content (AvgIpc) is 3.15. The molecule has 0 saturated carbocycles. The van der Waals surface area contributed by atoms with Crippen LogP contribution in [0.2, 0.25) is 5.02 Å². The molecule has 27 heavy (non-hydrogen) atoms. The lowest BCUT2D eigenvalue weighted by Crippen LogP contribution is -2.36. The Balaban J connectivity index is 1.80. The second kappa shape index (κ2) is 7.84. The molecule has 0 atom stereocenters. The first kappa shape index (κ1) is 19.6. The maximum atomic E-state index is 12.7. The molecule has 9 heteroatoms. The number of pyridine rings is 1. The van der Waals surface area contributed by atoms with E-state index < -0.39 is 21.5 Å². The molecule has 1 saturated heterocycles. The monoisotopic (exact) mass is 409 g/mol. The quantitative estimate of drug-likeness (QED) is 0.820. The minimum Gasteiger partial charge on any atom is -0.324 e. The molecule has 0 spiro atoms. The largest absolute Gasteiger partial charge is 0.324 e. The Morgan fingerprint density at radius 1 is 1.22 bits per heavy atom. The summed E-state index contributed by atoms with van der Waals surface area (Å²) in [5.74, 6) is -0.451. The zero-order valence-corrected chi connectivity index (χ0v) is 16.4. The highest BCUT2D eigenvalue weighted by atomic mass is 35.5. The van der Waals surface area contributed by atoms with Gasteiger partial charge in [-0.05, 0) is 49.6 Å². The van der Waals surface area contributed by atoms with Crippen LogP contribution in [-0.2, 0) is 21.4 Å². The Hall–Kier alpha value is -2.16. The number of carbonyl (C=O) groups is 1. The van der Waals surface area contributed by atoms with Crippen molar-refractivity contribution in [1.82, 2.24) is 8.87 Å². The van der Waals surface area contributed by atoms with Crippen molar-refractivity contribution in [2.75, 3.05) is 18.4 Å². The smallest absolute Gasteiger partial charge is 0.271 e. The molecular formula is C18H20ClN3O4S. The van der Waals surface area contributed by atoms with Gasteiger partial charge in [0.25, 0.3) is 5.56 Å². The Kier molecular flexibility index (Phi) is 5.69. The zero-order valence-electron chi connectivity index (χ0n) is 14.8. The molecule has 3 rings (SSSR count). The van der Waals surface area contributed by atoms with E-state index in [-0.39, 0.29) is 11.4 Å². The topological polar surface area (TPSA) is 88.5 Å². The van der Waals surface area contributed by atoms with Gasteiger partial charge in [0.05, 0.1) is 0 Å². The molecule has 1 fully saturated rings. The van der Waals surface area contributed by atoms with Crippen molar-refractivity contribution in [2.45, 2.75) is 31.2 Å². The van der Waals surface area contributed by atoms with Crippen molar-refractivity contribution in [2.24, 2.45) is 0 Å². The third kappa shape index (κ3) is 4.23. The van der Waals surface area contributed by atoms with Crippen LogP contribution in [0.4, 0.5) is 5.69 Å². The van der Waals surface area contributed by atoms with Gasteiger partial charge in [0.15, 0.2) is 0 Å². The van der Waals surface area contributed by atoms with Crippen LogP contribution in [0.3, 0.4) is 0 Å². The molecule has 2 heterocycles. The van der Waals surface area contributed by atoms with Crippen LogP contribution < -0.4 is 10.9 Å². The lowest BCUT2D eigenvalue weighted by molar-refractivity contribution is -0.116. The number of nitrogens with zero attached hydrogens (tertiary/aromatic N) is 2. The fraction of sp³-hybridized carbons (Fsp3) is 0.333. The highest BCUT2D eigenvalue weighted by Crippen LogP contribution is 2.20. The zero-order chi connectivity index (χ0) is 19.6. The predicted molar refractivity (Wildman–Crippen MR) is 104 cm³/mol. The summed E-state index contributed by atoms with van der Waals surface area (Å²) in [7, 11) is -3.85. The van der Waals surface area contributed by atoms with Gasteiger partial charge in [-0.15, -0.1) is 0 Å². The molecule has 0 aliphatic carbocycles. The van der Waals surface area contributed by atoms with E-state index in [9.17, 15) is 18.0 Å². The van der Waals surface area contributed by atoms with Crippen LogP contribution in [0.15, 0.2) is 46.2 Å². The van der Waals surface area contributed by atoms with Crippen LogP contribution >= 0.6 is 11.6 Å². The molecule has 7 nitrogen and oxygen atoms in total. The SMILES string of the molecule is Cc1ccc(NC(=O)Cn2cccc(S(=O)(=O)N3CCCC3)c2=O)cc1Cl. The van der Waals surface area contributed by atoms with Gasteiger partial charge in [-0.2, -0.15) is 4.31 Å². The van der Waals surface area contributed by atoms with Crippen LogP contribution in [-0.4, -0.2) is 36.3 Å². The van der Waals surface area contributed by atoms with Crippen LogP contribution in [0.25, 0.3) is 0 Å². The maximum Gasteiger partial charge on any atom is 0.271 e. The summed E-state index contributed by atoms with van der Waals surface area (Å²) in [5, 5.41) is 3.17. The molecule has 1 N–H and O–H groups in total. The molecule has 1 aromatic heterocycles. The third-order valence-electron chi connectivity index (χ3n) is 4.44. The Morgan fingerprint density at radius 2 is 1.93 bits per heavy atom. The second-order valence-electron chi connectivity index (χ2n) is 6.43. The lowest BCUT2D eigenvalue weighted by atomic mass is 10.2. The van der Waals surface area contributed by atoms with Gasteiger partial charge in [-0.3, -0.25) is 9.59 Å². The van der Waals surface area contributed by atoms with E-state index >= 15 is 0 Å². The number of nitrogens with one attached hydrogen (secondary N) is 1.